The lowest BCUT2D eigenvalue weighted by Gasteiger charge is -2.22. The molecule has 2 aromatic carbocycles. The van der Waals surface area contributed by atoms with E-state index < -0.39 is 0 Å². The topological polar surface area (TPSA) is 67.4 Å². The van der Waals surface area contributed by atoms with Gasteiger partial charge < -0.3 is 15.4 Å². The van der Waals surface area contributed by atoms with Crippen molar-refractivity contribution in [3.63, 3.8) is 0 Å². The monoisotopic (exact) mass is 394 g/mol. The summed E-state index contributed by atoms with van der Waals surface area (Å²) in [6.45, 7) is 2.80. The molecule has 2 aromatic rings. The third-order valence-electron chi connectivity index (χ3n) is 5.23. The Hall–Kier alpha value is -2.82. The van der Waals surface area contributed by atoms with E-state index in [9.17, 15) is 9.59 Å². The summed E-state index contributed by atoms with van der Waals surface area (Å²) in [7, 11) is 0. The summed E-state index contributed by atoms with van der Waals surface area (Å²) in [5.41, 5.74) is 1.83. The molecular formula is C24H30N2O3. The molecule has 0 heterocycles. The molecule has 29 heavy (non-hydrogen) atoms. The highest BCUT2D eigenvalue weighted by Crippen LogP contribution is 2.19. The van der Waals surface area contributed by atoms with Gasteiger partial charge in [0.05, 0.1) is 6.61 Å². The van der Waals surface area contributed by atoms with E-state index in [1.807, 2.05) is 12.1 Å². The molecule has 0 bridgehead atoms. The van der Waals surface area contributed by atoms with E-state index in [0.717, 1.165) is 31.4 Å². The van der Waals surface area contributed by atoms with E-state index in [0.29, 0.717) is 23.4 Å². The third-order valence-corrected chi connectivity index (χ3v) is 5.23. The molecule has 0 unspecified atom stereocenters. The first-order valence-corrected chi connectivity index (χ1v) is 10.6. The lowest BCUT2D eigenvalue weighted by Crippen LogP contribution is -2.36. The van der Waals surface area contributed by atoms with Crippen LogP contribution < -0.4 is 15.4 Å². The lowest BCUT2D eigenvalue weighted by atomic mass is 9.95. The zero-order chi connectivity index (χ0) is 20.5. The molecule has 0 radical (unpaired) electrons. The zero-order valence-electron chi connectivity index (χ0n) is 17.1. The summed E-state index contributed by atoms with van der Waals surface area (Å²) in [5, 5.41) is 5.97. The first-order valence-electron chi connectivity index (χ1n) is 10.6. The van der Waals surface area contributed by atoms with Crippen LogP contribution in [0.4, 0.5) is 5.69 Å². The van der Waals surface area contributed by atoms with Crippen LogP contribution in [0.5, 0.6) is 5.75 Å². The zero-order valence-corrected chi connectivity index (χ0v) is 17.1. The van der Waals surface area contributed by atoms with Crippen molar-refractivity contribution in [3.8, 4) is 5.75 Å². The predicted molar refractivity (Wildman–Crippen MR) is 116 cm³/mol. The Balaban J connectivity index is 1.52. The second kappa shape index (κ2) is 10.6. The van der Waals surface area contributed by atoms with Crippen LogP contribution in [0.2, 0.25) is 0 Å². The van der Waals surface area contributed by atoms with Crippen molar-refractivity contribution in [2.75, 3.05) is 11.9 Å². The summed E-state index contributed by atoms with van der Waals surface area (Å²) in [4.78, 5) is 24.8. The molecule has 2 N–H and O–H groups in total. The van der Waals surface area contributed by atoms with Gasteiger partial charge in [0.25, 0.3) is 11.8 Å². The summed E-state index contributed by atoms with van der Waals surface area (Å²) in [6, 6.07) is 14.4. The molecule has 0 atom stereocenters. The molecule has 0 aromatic heterocycles. The minimum atomic E-state index is -0.190. The first-order chi connectivity index (χ1) is 14.2. The van der Waals surface area contributed by atoms with Gasteiger partial charge in [0, 0.05) is 22.9 Å². The van der Waals surface area contributed by atoms with E-state index >= 15 is 0 Å². The number of benzene rings is 2. The number of amides is 2. The number of nitrogens with one attached hydrogen (secondary N) is 2. The van der Waals surface area contributed by atoms with Gasteiger partial charge in [-0.2, -0.15) is 0 Å². The number of anilines is 1. The molecule has 3 rings (SSSR count). The Bertz CT molecular complexity index is 794. The molecule has 5 nitrogen and oxygen atoms in total. The molecule has 1 aliphatic rings. The van der Waals surface area contributed by atoms with Gasteiger partial charge in [0.2, 0.25) is 0 Å². The molecule has 154 valence electrons. The fraction of sp³-hybridized carbons (Fsp3) is 0.417. The number of hydrogen-bond acceptors (Lipinski definition) is 3. The summed E-state index contributed by atoms with van der Waals surface area (Å²) in [6.07, 6.45) is 7.84. The number of hydrogen-bond donors (Lipinski definition) is 2. The molecule has 5 heteroatoms. The van der Waals surface area contributed by atoms with Crippen molar-refractivity contribution in [3.05, 3.63) is 59.7 Å². The molecule has 1 saturated carbocycles. The molecule has 0 spiro atoms. The van der Waals surface area contributed by atoms with Gasteiger partial charge in [0.1, 0.15) is 5.75 Å². The quantitative estimate of drug-likeness (QED) is 0.606. The van der Waals surface area contributed by atoms with E-state index in [1.165, 1.54) is 19.3 Å². The van der Waals surface area contributed by atoms with Gasteiger partial charge >= 0.3 is 0 Å². The number of carbonyl (C=O) groups excluding carboxylic acids is 2. The van der Waals surface area contributed by atoms with Crippen LogP contribution in [0.25, 0.3) is 0 Å². The van der Waals surface area contributed by atoms with Crippen LogP contribution >= 0.6 is 0 Å². The van der Waals surface area contributed by atoms with Crippen molar-refractivity contribution in [1.29, 1.82) is 0 Å². The third kappa shape index (κ3) is 6.34. The minimum Gasteiger partial charge on any atom is -0.494 e. The van der Waals surface area contributed by atoms with Gasteiger partial charge in [-0.25, -0.2) is 0 Å². The molecule has 0 aliphatic heterocycles. The molecule has 0 saturated heterocycles. The van der Waals surface area contributed by atoms with Gasteiger partial charge in [-0.3, -0.25) is 9.59 Å². The summed E-state index contributed by atoms with van der Waals surface area (Å²) >= 11 is 0. The van der Waals surface area contributed by atoms with E-state index in [2.05, 4.69) is 17.6 Å². The molecule has 2 amide bonds. The maximum Gasteiger partial charge on any atom is 0.255 e. The highest BCUT2D eigenvalue weighted by molar-refractivity contribution is 6.04. The number of ether oxygens (including phenoxy) is 1. The second-order valence-electron chi connectivity index (χ2n) is 7.57. The Morgan fingerprint density at radius 1 is 0.897 bits per heavy atom. The van der Waals surface area contributed by atoms with Crippen molar-refractivity contribution in [2.45, 2.75) is 57.9 Å². The maximum absolute atomic E-state index is 12.4. The van der Waals surface area contributed by atoms with E-state index in [1.54, 1.807) is 36.4 Å². The van der Waals surface area contributed by atoms with Crippen LogP contribution in [0, 0.1) is 0 Å². The predicted octanol–water partition coefficient (Wildman–Crippen LogP) is 5.18. The minimum absolute atomic E-state index is 0.0477. The second-order valence-corrected chi connectivity index (χ2v) is 7.57. The normalized spacial score (nSPS) is 14.2. The van der Waals surface area contributed by atoms with Gasteiger partial charge in [-0.1, -0.05) is 32.6 Å². The number of rotatable bonds is 8. The Kier molecular flexibility index (Phi) is 7.68. The lowest BCUT2D eigenvalue weighted by molar-refractivity contribution is 0.0927. The van der Waals surface area contributed by atoms with Crippen LogP contribution in [-0.2, 0) is 0 Å². The molecular weight excluding hydrogens is 364 g/mol. The van der Waals surface area contributed by atoms with Crippen molar-refractivity contribution >= 4 is 17.5 Å². The fourth-order valence-electron chi connectivity index (χ4n) is 3.46. The summed E-state index contributed by atoms with van der Waals surface area (Å²) in [5.74, 6) is 0.529. The average molecular weight is 395 g/mol. The summed E-state index contributed by atoms with van der Waals surface area (Å²) < 4.78 is 5.62. The smallest absolute Gasteiger partial charge is 0.255 e. The van der Waals surface area contributed by atoms with Gasteiger partial charge in [-0.05, 0) is 67.8 Å². The largest absolute Gasteiger partial charge is 0.494 e. The Morgan fingerprint density at radius 2 is 1.52 bits per heavy atom. The standard InChI is InChI=1S/C24H30N2O3/c1-2-3-17-29-22-15-11-19(12-16-22)24(28)26-21-13-9-18(10-14-21)23(27)25-20-7-5-4-6-8-20/h9-16,20H,2-8,17H2,1H3,(H,25,27)(H,26,28). The number of unbranched alkanes of at least 4 members (excludes halogenated alkanes) is 1. The SMILES string of the molecule is CCCCOc1ccc(C(=O)Nc2ccc(C(=O)NC3CCCCC3)cc2)cc1. The van der Waals surface area contributed by atoms with Crippen LogP contribution in [0.15, 0.2) is 48.5 Å². The Morgan fingerprint density at radius 3 is 2.17 bits per heavy atom. The maximum atomic E-state index is 12.4. The van der Waals surface area contributed by atoms with Crippen molar-refractivity contribution in [2.24, 2.45) is 0 Å². The van der Waals surface area contributed by atoms with E-state index in [4.69, 9.17) is 4.74 Å². The fourth-order valence-corrected chi connectivity index (χ4v) is 3.46. The van der Waals surface area contributed by atoms with Gasteiger partial charge in [0.15, 0.2) is 0 Å². The van der Waals surface area contributed by atoms with Crippen LogP contribution in [-0.4, -0.2) is 24.5 Å². The van der Waals surface area contributed by atoms with Crippen molar-refractivity contribution < 1.29 is 14.3 Å². The van der Waals surface area contributed by atoms with Crippen molar-refractivity contribution in [1.82, 2.24) is 5.32 Å². The number of carbonyl (C=O) groups is 2. The molecule has 1 aliphatic carbocycles. The first kappa shape index (κ1) is 20.9. The van der Waals surface area contributed by atoms with Crippen LogP contribution in [0.1, 0.15) is 72.6 Å². The Labute approximate surface area is 172 Å². The highest BCUT2D eigenvalue weighted by atomic mass is 16.5. The average Bonchev–Trinajstić information content (AvgIpc) is 2.75. The highest BCUT2D eigenvalue weighted by Gasteiger charge is 2.16. The van der Waals surface area contributed by atoms with E-state index in [-0.39, 0.29) is 17.9 Å². The van der Waals surface area contributed by atoms with Crippen LogP contribution in [0.3, 0.4) is 0 Å². The van der Waals surface area contributed by atoms with Gasteiger partial charge in [-0.15, -0.1) is 0 Å². The molecule has 1 fully saturated rings.